The Morgan fingerprint density at radius 1 is 0.839 bits per heavy atom. The van der Waals surface area contributed by atoms with Crippen LogP contribution in [0.3, 0.4) is 0 Å². The van der Waals surface area contributed by atoms with E-state index in [1.54, 1.807) is 54.6 Å². The van der Waals surface area contributed by atoms with Gasteiger partial charge in [-0.2, -0.15) is 23.1 Å². The summed E-state index contributed by atoms with van der Waals surface area (Å²) in [6.45, 7) is 1.96. The van der Waals surface area contributed by atoms with Gasteiger partial charge < -0.3 is 10.2 Å². The number of benzene rings is 3. The molecule has 3 N–H and O–H groups in total. The minimum atomic E-state index is -3.89. The summed E-state index contributed by atoms with van der Waals surface area (Å²) in [5.74, 6) is 0.237. The van der Waals surface area contributed by atoms with Crippen molar-refractivity contribution in [3.63, 3.8) is 0 Å². The minimum absolute atomic E-state index is 0.108. The third-order valence-corrected chi connectivity index (χ3v) is 6.18. The van der Waals surface area contributed by atoms with E-state index < -0.39 is 10.0 Å². The molecular weight excluding hydrogens is 414 g/mol. The summed E-state index contributed by atoms with van der Waals surface area (Å²) in [6.07, 6.45) is 0.583. The highest BCUT2D eigenvalue weighted by Gasteiger charge is 2.23. The molecule has 1 heterocycles. The largest absolute Gasteiger partial charge is 0.508 e. The summed E-state index contributed by atoms with van der Waals surface area (Å²) in [5, 5.41) is 23.9. The van der Waals surface area contributed by atoms with Gasteiger partial charge in [-0.15, -0.1) is 0 Å². The smallest absolute Gasteiger partial charge is 0.276 e. The third kappa shape index (κ3) is 4.10. The normalized spacial score (nSPS) is 11.4. The Labute approximate surface area is 180 Å². The van der Waals surface area contributed by atoms with Gasteiger partial charge in [0.2, 0.25) is 0 Å². The fourth-order valence-electron chi connectivity index (χ4n) is 3.38. The minimum Gasteiger partial charge on any atom is -0.508 e. The Morgan fingerprint density at radius 3 is 1.94 bits per heavy atom. The molecule has 0 spiro atoms. The maximum atomic E-state index is 13.0. The SMILES string of the molecule is CCc1c(-c2ccc(O)cc2)nn(NS(=O)(=O)c2ccccc2)c1-c1ccc(O)cc1. The molecule has 4 rings (SSSR count). The van der Waals surface area contributed by atoms with Crippen molar-refractivity contribution >= 4 is 10.0 Å². The summed E-state index contributed by atoms with van der Waals surface area (Å²) >= 11 is 0. The van der Waals surface area contributed by atoms with E-state index >= 15 is 0 Å². The molecule has 0 aliphatic carbocycles. The van der Waals surface area contributed by atoms with Gasteiger partial charge in [0.05, 0.1) is 16.3 Å². The van der Waals surface area contributed by atoms with Gasteiger partial charge in [-0.1, -0.05) is 25.1 Å². The van der Waals surface area contributed by atoms with Crippen molar-refractivity contribution in [2.45, 2.75) is 18.2 Å². The van der Waals surface area contributed by atoms with Crippen LogP contribution in [-0.2, 0) is 16.4 Å². The monoisotopic (exact) mass is 435 g/mol. The number of aromatic hydroxyl groups is 2. The molecule has 0 amide bonds. The van der Waals surface area contributed by atoms with E-state index in [0.717, 1.165) is 11.1 Å². The van der Waals surface area contributed by atoms with Gasteiger partial charge in [0, 0.05) is 16.7 Å². The van der Waals surface area contributed by atoms with Gasteiger partial charge in [0.15, 0.2) is 0 Å². The lowest BCUT2D eigenvalue weighted by molar-refractivity contribution is 0.475. The topological polar surface area (TPSA) is 104 Å². The van der Waals surface area contributed by atoms with Crippen LogP contribution in [-0.4, -0.2) is 28.5 Å². The quantitative estimate of drug-likeness (QED) is 0.423. The van der Waals surface area contributed by atoms with Gasteiger partial charge in [-0.3, -0.25) is 0 Å². The Kier molecular flexibility index (Phi) is 5.39. The van der Waals surface area contributed by atoms with Crippen LogP contribution >= 0.6 is 0 Å². The molecule has 158 valence electrons. The van der Waals surface area contributed by atoms with Crippen molar-refractivity contribution in [2.75, 3.05) is 4.83 Å². The maximum Gasteiger partial charge on any atom is 0.276 e. The van der Waals surface area contributed by atoms with E-state index in [1.807, 2.05) is 6.92 Å². The lowest BCUT2D eigenvalue weighted by Crippen LogP contribution is -2.25. The molecule has 31 heavy (non-hydrogen) atoms. The molecule has 0 radical (unpaired) electrons. The lowest BCUT2D eigenvalue weighted by Gasteiger charge is -2.12. The first kappa shape index (κ1) is 20.5. The Bertz CT molecular complexity index is 1300. The van der Waals surface area contributed by atoms with Crippen LogP contribution in [0.4, 0.5) is 0 Å². The fraction of sp³-hybridized carbons (Fsp3) is 0.0870. The molecule has 0 saturated heterocycles. The molecule has 0 aliphatic rings. The number of phenolic OH excluding ortho intramolecular Hbond substituents is 2. The van der Waals surface area contributed by atoms with Crippen LogP contribution < -0.4 is 4.83 Å². The number of hydrogen-bond acceptors (Lipinski definition) is 5. The van der Waals surface area contributed by atoms with Crippen molar-refractivity contribution in [1.82, 2.24) is 9.89 Å². The van der Waals surface area contributed by atoms with Gasteiger partial charge >= 0.3 is 0 Å². The van der Waals surface area contributed by atoms with E-state index in [1.165, 1.54) is 29.1 Å². The number of nitrogens with one attached hydrogen (secondary N) is 1. The lowest BCUT2D eigenvalue weighted by atomic mass is 10.00. The highest BCUT2D eigenvalue weighted by molar-refractivity contribution is 7.92. The number of hydrogen-bond donors (Lipinski definition) is 3. The van der Waals surface area contributed by atoms with Crippen molar-refractivity contribution in [1.29, 1.82) is 0 Å². The second-order valence-corrected chi connectivity index (χ2v) is 8.60. The number of nitrogens with zero attached hydrogens (tertiary/aromatic N) is 2. The van der Waals surface area contributed by atoms with Crippen LogP contribution in [0.2, 0.25) is 0 Å². The predicted molar refractivity (Wildman–Crippen MR) is 119 cm³/mol. The maximum absolute atomic E-state index is 13.0. The summed E-state index contributed by atoms with van der Waals surface area (Å²) in [5.41, 5.74) is 3.44. The zero-order valence-electron chi connectivity index (χ0n) is 16.7. The molecule has 0 atom stereocenters. The average molecular weight is 436 g/mol. The van der Waals surface area contributed by atoms with Crippen LogP contribution in [0.5, 0.6) is 11.5 Å². The summed E-state index contributed by atoms with van der Waals surface area (Å²) < 4.78 is 26.0. The van der Waals surface area contributed by atoms with Crippen LogP contribution in [0.15, 0.2) is 83.8 Å². The number of phenols is 2. The van der Waals surface area contributed by atoms with Crippen LogP contribution in [0.25, 0.3) is 22.5 Å². The molecule has 0 saturated carbocycles. The molecule has 4 aromatic rings. The fourth-order valence-corrected chi connectivity index (χ4v) is 4.37. The Morgan fingerprint density at radius 2 is 1.39 bits per heavy atom. The molecule has 3 aromatic carbocycles. The average Bonchev–Trinajstić information content (AvgIpc) is 3.13. The second kappa shape index (κ2) is 8.16. The Hall–Kier alpha value is -3.78. The van der Waals surface area contributed by atoms with Crippen molar-refractivity contribution < 1.29 is 18.6 Å². The van der Waals surface area contributed by atoms with Gasteiger partial charge in [-0.25, -0.2) is 0 Å². The molecule has 0 unspecified atom stereocenters. The van der Waals surface area contributed by atoms with Gasteiger partial charge in [-0.05, 0) is 67.1 Å². The van der Waals surface area contributed by atoms with Gasteiger partial charge in [0.1, 0.15) is 11.5 Å². The zero-order valence-corrected chi connectivity index (χ0v) is 17.5. The highest BCUT2D eigenvalue weighted by atomic mass is 32.2. The van der Waals surface area contributed by atoms with Crippen molar-refractivity contribution in [2.24, 2.45) is 0 Å². The highest BCUT2D eigenvalue weighted by Crippen LogP contribution is 2.34. The molecule has 0 bridgehead atoms. The first-order valence-electron chi connectivity index (χ1n) is 9.67. The van der Waals surface area contributed by atoms with E-state index in [0.29, 0.717) is 23.4 Å². The van der Waals surface area contributed by atoms with E-state index in [4.69, 9.17) is 0 Å². The predicted octanol–water partition coefficient (Wildman–Crippen LogP) is 4.12. The molecule has 8 heteroatoms. The van der Waals surface area contributed by atoms with Crippen molar-refractivity contribution in [3.05, 3.63) is 84.4 Å². The number of rotatable bonds is 6. The van der Waals surface area contributed by atoms with E-state index in [9.17, 15) is 18.6 Å². The zero-order chi connectivity index (χ0) is 22.0. The van der Waals surface area contributed by atoms with Crippen LogP contribution in [0, 0.1) is 0 Å². The molecule has 7 nitrogen and oxygen atoms in total. The third-order valence-electron chi connectivity index (χ3n) is 4.88. The molecule has 1 aromatic heterocycles. The van der Waals surface area contributed by atoms with E-state index in [-0.39, 0.29) is 16.4 Å². The first-order chi connectivity index (χ1) is 14.9. The molecule has 0 fully saturated rings. The van der Waals surface area contributed by atoms with E-state index in [2.05, 4.69) is 9.93 Å². The molecular formula is C23H21N3O4S. The van der Waals surface area contributed by atoms with Crippen LogP contribution in [0.1, 0.15) is 12.5 Å². The number of aromatic nitrogens is 2. The first-order valence-corrected chi connectivity index (χ1v) is 11.2. The summed E-state index contributed by atoms with van der Waals surface area (Å²) in [6, 6.07) is 21.1. The molecule has 0 aliphatic heterocycles. The Balaban J connectivity index is 1.90. The standard InChI is InChI=1S/C23H21N3O4S/c1-2-21-22(16-8-12-18(27)13-9-16)24-26(23(21)17-10-14-19(28)15-11-17)25-31(29,30)20-6-4-3-5-7-20/h3-15,25,27-28H,2H2,1H3. The second-order valence-electron chi connectivity index (χ2n) is 6.94. The summed E-state index contributed by atoms with van der Waals surface area (Å²) in [7, 11) is -3.89. The summed E-state index contributed by atoms with van der Waals surface area (Å²) in [4.78, 5) is 3.94. The number of sulfonamides is 1. The van der Waals surface area contributed by atoms with Crippen molar-refractivity contribution in [3.8, 4) is 34.0 Å². The van der Waals surface area contributed by atoms with Gasteiger partial charge in [0.25, 0.3) is 10.0 Å².